The molecule has 0 amide bonds. The van der Waals surface area contributed by atoms with Gasteiger partial charge >= 0.3 is 12.3 Å². The van der Waals surface area contributed by atoms with Crippen LogP contribution in [0.5, 0.6) is 5.75 Å². The summed E-state index contributed by atoms with van der Waals surface area (Å²) in [6, 6.07) is 3.42. The molecule has 0 aliphatic heterocycles. The van der Waals surface area contributed by atoms with Crippen LogP contribution in [0.4, 0.5) is 13.2 Å². The highest BCUT2D eigenvalue weighted by Gasteiger charge is 2.32. The molecule has 0 bridgehead atoms. The maximum atomic E-state index is 12.0. The van der Waals surface area contributed by atoms with Crippen molar-refractivity contribution in [2.75, 3.05) is 0 Å². The van der Waals surface area contributed by atoms with E-state index in [-0.39, 0.29) is 5.56 Å². The van der Waals surface area contributed by atoms with E-state index < -0.39 is 18.1 Å². The molecule has 0 radical (unpaired) electrons. The minimum atomic E-state index is -4.82. The molecule has 0 saturated carbocycles. The summed E-state index contributed by atoms with van der Waals surface area (Å²) in [5.74, 6) is -1.76. The zero-order valence-corrected chi connectivity index (χ0v) is 12.3. The third kappa shape index (κ3) is 7.66. The summed E-state index contributed by atoms with van der Waals surface area (Å²) in [6.45, 7) is 9.65. The number of halogens is 3. The minimum Gasteiger partial charge on any atom is -0.478 e. The van der Waals surface area contributed by atoms with Crippen LogP contribution >= 0.6 is 0 Å². The number of rotatable bonds is 3. The lowest BCUT2D eigenvalue weighted by molar-refractivity contribution is -0.274. The Bertz CT molecular complexity index is 401. The first-order chi connectivity index (χ1) is 9.33. The van der Waals surface area contributed by atoms with E-state index in [2.05, 4.69) is 4.74 Å². The van der Waals surface area contributed by atoms with Gasteiger partial charge in [-0.2, -0.15) is 0 Å². The summed E-state index contributed by atoms with van der Waals surface area (Å²) in [5, 5.41) is 8.63. The average molecular weight is 294 g/mol. The average Bonchev–Trinajstić information content (AvgIpc) is 2.41. The number of aromatic carboxylic acids is 1. The first-order valence-electron chi connectivity index (χ1n) is 6.45. The van der Waals surface area contributed by atoms with Gasteiger partial charge in [-0.25, -0.2) is 4.79 Å². The summed E-state index contributed by atoms with van der Waals surface area (Å²) >= 11 is 0. The maximum absolute atomic E-state index is 12.0. The van der Waals surface area contributed by atoms with Gasteiger partial charge in [0.15, 0.2) is 0 Å². The SMILES string of the molecule is CC.CC.CCc1ccc(C(=O)O)cc1OC(F)(F)F. The van der Waals surface area contributed by atoms with Crippen molar-refractivity contribution in [3.63, 3.8) is 0 Å². The van der Waals surface area contributed by atoms with Crippen molar-refractivity contribution in [3.8, 4) is 5.75 Å². The molecule has 1 N–H and O–H groups in total. The number of carboxylic acid groups (broad SMARTS) is 1. The lowest BCUT2D eigenvalue weighted by Gasteiger charge is -2.12. The second-order valence-corrected chi connectivity index (χ2v) is 3.03. The van der Waals surface area contributed by atoms with Crippen LogP contribution in [-0.2, 0) is 6.42 Å². The van der Waals surface area contributed by atoms with E-state index >= 15 is 0 Å². The van der Waals surface area contributed by atoms with Gasteiger partial charge in [0.1, 0.15) is 5.75 Å². The Morgan fingerprint density at radius 2 is 1.70 bits per heavy atom. The summed E-state index contributed by atoms with van der Waals surface area (Å²) in [5.41, 5.74) is 0.0683. The van der Waals surface area contributed by atoms with Crippen molar-refractivity contribution in [3.05, 3.63) is 29.3 Å². The third-order valence-electron chi connectivity index (χ3n) is 1.92. The molecule has 116 valence electrons. The summed E-state index contributed by atoms with van der Waals surface area (Å²) in [4.78, 5) is 10.6. The van der Waals surface area contributed by atoms with Gasteiger partial charge in [0.05, 0.1) is 5.56 Å². The molecule has 1 rings (SSSR count). The molecule has 1 aromatic carbocycles. The largest absolute Gasteiger partial charge is 0.573 e. The molecule has 0 heterocycles. The van der Waals surface area contributed by atoms with Gasteiger partial charge in [0, 0.05) is 0 Å². The van der Waals surface area contributed by atoms with Crippen molar-refractivity contribution < 1.29 is 27.8 Å². The number of hydrogen-bond donors (Lipinski definition) is 1. The number of carbonyl (C=O) groups is 1. The molecule has 0 fully saturated rings. The monoisotopic (exact) mass is 294 g/mol. The fraction of sp³-hybridized carbons (Fsp3) is 0.500. The molecule has 0 atom stereocenters. The van der Waals surface area contributed by atoms with Crippen LogP contribution in [0, 0.1) is 0 Å². The molecule has 0 unspecified atom stereocenters. The Kier molecular flexibility index (Phi) is 10.4. The molecule has 1 aromatic rings. The normalized spacial score (nSPS) is 9.60. The third-order valence-corrected chi connectivity index (χ3v) is 1.92. The predicted molar refractivity (Wildman–Crippen MR) is 72.2 cm³/mol. The second-order valence-electron chi connectivity index (χ2n) is 3.03. The van der Waals surface area contributed by atoms with E-state index in [4.69, 9.17) is 5.11 Å². The van der Waals surface area contributed by atoms with Gasteiger partial charge in [-0.05, 0) is 24.1 Å². The zero-order chi connectivity index (χ0) is 16.3. The van der Waals surface area contributed by atoms with Gasteiger partial charge < -0.3 is 9.84 Å². The van der Waals surface area contributed by atoms with Gasteiger partial charge in [0.2, 0.25) is 0 Å². The molecule has 0 aromatic heterocycles. The number of hydrogen-bond acceptors (Lipinski definition) is 2. The summed E-state index contributed by atoms with van der Waals surface area (Å²) in [6.07, 6.45) is -4.49. The Hall–Kier alpha value is -1.72. The van der Waals surface area contributed by atoms with Gasteiger partial charge in [-0.3, -0.25) is 0 Å². The van der Waals surface area contributed by atoms with Crippen molar-refractivity contribution in [2.45, 2.75) is 47.4 Å². The number of carboxylic acids is 1. The van der Waals surface area contributed by atoms with Crippen LogP contribution in [0.2, 0.25) is 0 Å². The highest BCUT2D eigenvalue weighted by atomic mass is 19.4. The fourth-order valence-electron chi connectivity index (χ4n) is 1.20. The molecule has 0 aliphatic rings. The maximum Gasteiger partial charge on any atom is 0.573 e. The minimum absolute atomic E-state index is 0.239. The van der Waals surface area contributed by atoms with Crippen molar-refractivity contribution in [1.82, 2.24) is 0 Å². The molecule has 0 spiro atoms. The van der Waals surface area contributed by atoms with Crippen LogP contribution in [0.15, 0.2) is 18.2 Å². The molecule has 6 heteroatoms. The van der Waals surface area contributed by atoms with E-state index in [9.17, 15) is 18.0 Å². The Morgan fingerprint density at radius 1 is 1.20 bits per heavy atom. The molecule has 20 heavy (non-hydrogen) atoms. The lowest BCUT2D eigenvalue weighted by atomic mass is 10.1. The van der Waals surface area contributed by atoms with Gasteiger partial charge in [-0.1, -0.05) is 40.7 Å². The molecule has 0 aliphatic carbocycles. The van der Waals surface area contributed by atoms with E-state index in [0.29, 0.717) is 12.0 Å². The number of ether oxygens (including phenoxy) is 1. The number of benzene rings is 1. The van der Waals surface area contributed by atoms with Crippen LogP contribution in [0.1, 0.15) is 50.5 Å². The molecule has 0 saturated heterocycles. The second kappa shape index (κ2) is 10.1. The fourth-order valence-corrected chi connectivity index (χ4v) is 1.20. The van der Waals surface area contributed by atoms with E-state index in [1.165, 1.54) is 12.1 Å². The predicted octanol–water partition coefficient (Wildman–Crippen LogP) is 4.90. The topological polar surface area (TPSA) is 46.5 Å². The first kappa shape index (κ1) is 20.6. The Balaban J connectivity index is 0. The molecule has 3 nitrogen and oxygen atoms in total. The van der Waals surface area contributed by atoms with E-state index in [1.54, 1.807) is 6.92 Å². The molecular weight excluding hydrogens is 273 g/mol. The van der Waals surface area contributed by atoms with Crippen molar-refractivity contribution in [2.24, 2.45) is 0 Å². The first-order valence-corrected chi connectivity index (χ1v) is 6.45. The number of aryl methyl sites for hydroxylation is 1. The van der Waals surface area contributed by atoms with Crippen LogP contribution < -0.4 is 4.74 Å². The van der Waals surface area contributed by atoms with Crippen LogP contribution in [0.25, 0.3) is 0 Å². The van der Waals surface area contributed by atoms with Crippen molar-refractivity contribution >= 4 is 5.97 Å². The Labute approximate surface area is 117 Å². The summed E-state index contributed by atoms with van der Waals surface area (Å²) < 4.78 is 39.8. The highest BCUT2D eigenvalue weighted by molar-refractivity contribution is 5.88. The van der Waals surface area contributed by atoms with Gasteiger partial charge in [0.25, 0.3) is 0 Å². The summed E-state index contributed by atoms with van der Waals surface area (Å²) in [7, 11) is 0. The van der Waals surface area contributed by atoms with Crippen LogP contribution in [0.3, 0.4) is 0 Å². The highest BCUT2D eigenvalue weighted by Crippen LogP contribution is 2.27. The smallest absolute Gasteiger partial charge is 0.478 e. The molecular formula is C14H21F3O3. The number of alkyl halides is 3. The lowest BCUT2D eigenvalue weighted by Crippen LogP contribution is -2.18. The van der Waals surface area contributed by atoms with E-state index in [0.717, 1.165) is 6.07 Å². The standard InChI is InChI=1S/C10H9F3O3.2C2H6/c1-2-6-3-4-7(9(14)15)5-8(6)16-10(11,12)13;2*1-2/h3-5H,2H2,1H3,(H,14,15);2*1-2H3. The quantitative estimate of drug-likeness (QED) is 0.862. The Morgan fingerprint density at radius 3 is 2.05 bits per heavy atom. The van der Waals surface area contributed by atoms with Crippen molar-refractivity contribution in [1.29, 1.82) is 0 Å². The zero-order valence-electron chi connectivity index (χ0n) is 12.3. The van der Waals surface area contributed by atoms with Gasteiger partial charge in [-0.15, -0.1) is 13.2 Å². The van der Waals surface area contributed by atoms with E-state index in [1.807, 2.05) is 27.7 Å². The van der Waals surface area contributed by atoms with Crippen LogP contribution in [-0.4, -0.2) is 17.4 Å².